The Morgan fingerprint density at radius 1 is 1.53 bits per heavy atom. The van der Waals surface area contributed by atoms with Crippen molar-refractivity contribution in [3.63, 3.8) is 0 Å². The summed E-state index contributed by atoms with van der Waals surface area (Å²) in [5.74, 6) is 2.24. The van der Waals surface area contributed by atoms with Gasteiger partial charge in [-0.2, -0.15) is 0 Å². The summed E-state index contributed by atoms with van der Waals surface area (Å²) >= 11 is 0. The summed E-state index contributed by atoms with van der Waals surface area (Å²) in [5, 5.41) is 3.32. The molecule has 1 N–H and O–H groups in total. The minimum atomic E-state index is -0.259. The van der Waals surface area contributed by atoms with Gasteiger partial charge in [0.05, 0.1) is 6.20 Å². The molecule has 2 atom stereocenters. The molecular formula is C15H24FN3. The van der Waals surface area contributed by atoms with Gasteiger partial charge in [-0.1, -0.05) is 13.8 Å². The summed E-state index contributed by atoms with van der Waals surface area (Å²) in [4.78, 5) is 6.44. The van der Waals surface area contributed by atoms with Gasteiger partial charge in [-0.3, -0.25) is 0 Å². The maximum absolute atomic E-state index is 13.3. The van der Waals surface area contributed by atoms with Crippen LogP contribution in [0.5, 0.6) is 0 Å². The van der Waals surface area contributed by atoms with Crippen molar-refractivity contribution in [3.8, 4) is 0 Å². The van der Waals surface area contributed by atoms with Gasteiger partial charge in [-0.15, -0.1) is 0 Å². The van der Waals surface area contributed by atoms with E-state index in [9.17, 15) is 4.39 Å². The van der Waals surface area contributed by atoms with Gasteiger partial charge < -0.3 is 10.2 Å². The van der Waals surface area contributed by atoms with Crippen LogP contribution in [0.2, 0.25) is 0 Å². The monoisotopic (exact) mass is 265 g/mol. The molecule has 0 amide bonds. The van der Waals surface area contributed by atoms with Crippen molar-refractivity contribution < 1.29 is 4.39 Å². The van der Waals surface area contributed by atoms with E-state index >= 15 is 0 Å². The Labute approximate surface area is 115 Å². The predicted molar refractivity (Wildman–Crippen MR) is 76.7 cm³/mol. The molecule has 1 aliphatic carbocycles. The molecule has 3 nitrogen and oxygen atoms in total. The molecule has 1 saturated carbocycles. The van der Waals surface area contributed by atoms with E-state index in [0.717, 1.165) is 42.7 Å². The molecule has 106 valence electrons. The van der Waals surface area contributed by atoms with E-state index in [1.54, 1.807) is 6.07 Å². The average Bonchev–Trinajstić information content (AvgIpc) is 3.05. The van der Waals surface area contributed by atoms with Crippen molar-refractivity contribution in [3.05, 3.63) is 23.6 Å². The molecular weight excluding hydrogens is 241 g/mol. The number of nitrogens with zero attached hydrogens (tertiary/aromatic N) is 2. The molecule has 1 fully saturated rings. The predicted octanol–water partition coefficient (Wildman–Crippen LogP) is 2.81. The Bertz CT molecular complexity index is 422. The first-order chi connectivity index (χ1) is 9.11. The Hall–Kier alpha value is -1.16. The van der Waals surface area contributed by atoms with Gasteiger partial charge in [0.15, 0.2) is 0 Å². The van der Waals surface area contributed by atoms with Gasteiger partial charge in [0, 0.05) is 25.7 Å². The van der Waals surface area contributed by atoms with E-state index in [2.05, 4.69) is 36.1 Å². The zero-order valence-electron chi connectivity index (χ0n) is 12.1. The smallest absolute Gasteiger partial charge is 0.141 e. The van der Waals surface area contributed by atoms with Crippen LogP contribution in [0.1, 0.15) is 32.3 Å². The first-order valence-electron chi connectivity index (χ1n) is 7.18. The first-order valence-corrected chi connectivity index (χ1v) is 7.18. The van der Waals surface area contributed by atoms with Crippen molar-refractivity contribution >= 4 is 5.82 Å². The molecule has 1 aromatic heterocycles. The topological polar surface area (TPSA) is 28.2 Å². The summed E-state index contributed by atoms with van der Waals surface area (Å²) in [7, 11) is 2.05. The third kappa shape index (κ3) is 3.90. The third-order valence-corrected chi connectivity index (χ3v) is 3.80. The fourth-order valence-corrected chi connectivity index (χ4v) is 2.44. The van der Waals surface area contributed by atoms with Gasteiger partial charge in [0.25, 0.3) is 0 Å². The molecule has 1 aromatic rings. The van der Waals surface area contributed by atoms with Gasteiger partial charge in [-0.05, 0) is 37.3 Å². The van der Waals surface area contributed by atoms with Crippen molar-refractivity contribution in [1.29, 1.82) is 0 Å². The van der Waals surface area contributed by atoms with Gasteiger partial charge in [-0.25, -0.2) is 9.37 Å². The van der Waals surface area contributed by atoms with Crippen LogP contribution in [-0.4, -0.2) is 25.1 Å². The Balaban J connectivity index is 2.04. The van der Waals surface area contributed by atoms with Gasteiger partial charge in [0.2, 0.25) is 0 Å². The van der Waals surface area contributed by atoms with Crippen LogP contribution >= 0.6 is 0 Å². The van der Waals surface area contributed by atoms with Crippen molar-refractivity contribution in [2.45, 2.75) is 33.2 Å². The highest BCUT2D eigenvalue weighted by molar-refractivity contribution is 5.46. The lowest BCUT2D eigenvalue weighted by Crippen LogP contribution is -2.25. The van der Waals surface area contributed by atoms with Crippen molar-refractivity contribution in [1.82, 2.24) is 10.3 Å². The second kappa shape index (κ2) is 6.33. The summed E-state index contributed by atoms with van der Waals surface area (Å²) in [6.45, 7) is 7.04. The molecule has 0 spiro atoms. The lowest BCUT2D eigenvalue weighted by atomic mass is 10.2. The van der Waals surface area contributed by atoms with E-state index in [1.807, 2.05) is 0 Å². The summed E-state index contributed by atoms with van der Waals surface area (Å²) < 4.78 is 13.3. The lowest BCUT2D eigenvalue weighted by Gasteiger charge is -2.21. The standard InChI is InChI=1S/C15H24FN3/c1-4-5-17-8-12-7-14(16)9-18-15(12)19(3)10-13-6-11(13)2/h7,9,11,13,17H,4-6,8,10H2,1-3H3. The molecule has 4 heteroatoms. The number of anilines is 1. The number of rotatable bonds is 7. The SMILES string of the molecule is CCCNCc1cc(F)cnc1N(C)CC1CC1C. The van der Waals surface area contributed by atoms with E-state index in [0.29, 0.717) is 6.54 Å². The zero-order chi connectivity index (χ0) is 13.8. The number of pyridine rings is 1. The highest BCUT2D eigenvalue weighted by Gasteiger charge is 2.33. The van der Waals surface area contributed by atoms with Crippen LogP contribution in [-0.2, 0) is 6.54 Å². The van der Waals surface area contributed by atoms with Gasteiger partial charge in [0.1, 0.15) is 11.6 Å². The minimum absolute atomic E-state index is 0.259. The highest BCUT2D eigenvalue weighted by Crippen LogP contribution is 2.38. The molecule has 1 heterocycles. The highest BCUT2D eigenvalue weighted by atomic mass is 19.1. The van der Waals surface area contributed by atoms with Crippen LogP contribution in [0.15, 0.2) is 12.3 Å². The maximum Gasteiger partial charge on any atom is 0.141 e. The van der Waals surface area contributed by atoms with E-state index < -0.39 is 0 Å². The van der Waals surface area contributed by atoms with Crippen LogP contribution in [0.25, 0.3) is 0 Å². The molecule has 0 saturated heterocycles. The molecule has 19 heavy (non-hydrogen) atoms. The van der Waals surface area contributed by atoms with E-state index in [4.69, 9.17) is 0 Å². The number of aromatic nitrogens is 1. The largest absolute Gasteiger partial charge is 0.359 e. The van der Waals surface area contributed by atoms with Crippen LogP contribution in [0, 0.1) is 17.7 Å². The average molecular weight is 265 g/mol. The van der Waals surface area contributed by atoms with E-state index in [-0.39, 0.29) is 5.82 Å². The second-order valence-corrected chi connectivity index (χ2v) is 5.67. The van der Waals surface area contributed by atoms with Crippen molar-refractivity contribution in [2.75, 3.05) is 25.0 Å². The molecule has 0 bridgehead atoms. The number of hydrogen-bond acceptors (Lipinski definition) is 3. The molecule has 0 aromatic carbocycles. The zero-order valence-corrected chi connectivity index (χ0v) is 12.1. The lowest BCUT2D eigenvalue weighted by molar-refractivity contribution is 0.609. The fraction of sp³-hybridized carbons (Fsp3) is 0.667. The Morgan fingerprint density at radius 3 is 2.89 bits per heavy atom. The molecule has 1 aliphatic rings. The molecule has 2 unspecified atom stereocenters. The summed E-state index contributed by atoms with van der Waals surface area (Å²) in [6, 6.07) is 1.60. The van der Waals surface area contributed by atoms with Crippen LogP contribution < -0.4 is 10.2 Å². The number of hydrogen-bond donors (Lipinski definition) is 1. The van der Waals surface area contributed by atoms with Crippen molar-refractivity contribution in [2.24, 2.45) is 11.8 Å². The van der Waals surface area contributed by atoms with Gasteiger partial charge >= 0.3 is 0 Å². The molecule has 0 radical (unpaired) electrons. The van der Waals surface area contributed by atoms with E-state index in [1.165, 1.54) is 12.6 Å². The third-order valence-electron chi connectivity index (χ3n) is 3.80. The normalized spacial score (nSPS) is 21.5. The Morgan fingerprint density at radius 2 is 2.26 bits per heavy atom. The van der Waals surface area contributed by atoms with Crippen LogP contribution in [0.4, 0.5) is 10.2 Å². The number of nitrogens with one attached hydrogen (secondary N) is 1. The molecule has 2 rings (SSSR count). The molecule has 0 aliphatic heterocycles. The summed E-state index contributed by atoms with van der Waals surface area (Å²) in [6.07, 6.45) is 3.69. The quantitative estimate of drug-likeness (QED) is 0.768. The summed E-state index contributed by atoms with van der Waals surface area (Å²) in [5.41, 5.74) is 0.948. The Kier molecular flexibility index (Phi) is 4.75. The number of halogens is 1. The van der Waals surface area contributed by atoms with Crippen LogP contribution in [0.3, 0.4) is 0 Å². The maximum atomic E-state index is 13.3. The fourth-order valence-electron chi connectivity index (χ4n) is 2.44. The first kappa shape index (κ1) is 14.3. The minimum Gasteiger partial charge on any atom is -0.359 e. The second-order valence-electron chi connectivity index (χ2n) is 5.67.